The Hall–Kier alpha value is -3.31. The third-order valence-electron chi connectivity index (χ3n) is 9.03. The molecule has 2 amide bonds. The molecular formula is C34H34ClF6NO4. The van der Waals surface area contributed by atoms with E-state index in [1.807, 2.05) is 19.9 Å². The lowest BCUT2D eigenvalue weighted by atomic mass is 9.68. The topological polar surface area (TPSA) is 66.8 Å². The molecule has 0 radical (unpaired) electrons. The molecule has 0 spiro atoms. The number of imide groups is 1. The minimum atomic E-state index is -5.12. The Labute approximate surface area is 267 Å². The van der Waals surface area contributed by atoms with E-state index in [0.29, 0.717) is 41.3 Å². The predicted molar refractivity (Wildman–Crippen MR) is 161 cm³/mol. The number of aromatic hydroxyl groups is 1. The Kier molecular flexibility index (Phi) is 9.67. The number of halogens is 7. The number of rotatable bonds is 9. The molecule has 2 fully saturated rings. The molecule has 46 heavy (non-hydrogen) atoms. The number of carbonyl (C=O) groups excluding carboxylic acids is 2. The maximum atomic E-state index is 13.8. The molecule has 2 aromatic rings. The Bertz CT molecular complexity index is 1550. The number of phenols is 1. The zero-order valence-electron chi connectivity index (χ0n) is 25.3. The summed E-state index contributed by atoms with van der Waals surface area (Å²) in [6.07, 6.45) is -4.18. The molecular weight excluding hydrogens is 636 g/mol. The van der Waals surface area contributed by atoms with Crippen LogP contribution in [0.4, 0.5) is 32.0 Å². The predicted octanol–water partition coefficient (Wildman–Crippen LogP) is 9.37. The molecule has 0 saturated carbocycles. The van der Waals surface area contributed by atoms with E-state index in [4.69, 9.17) is 16.3 Å². The largest absolute Gasteiger partial charge is 0.508 e. The fraction of sp³-hybridized carbons (Fsp3) is 0.471. The first-order valence-electron chi connectivity index (χ1n) is 15.3. The van der Waals surface area contributed by atoms with Gasteiger partial charge < -0.3 is 9.84 Å². The third kappa shape index (κ3) is 6.72. The lowest BCUT2D eigenvalue weighted by Crippen LogP contribution is -2.34. The highest BCUT2D eigenvalue weighted by atomic mass is 35.5. The maximum absolute atomic E-state index is 13.8. The summed E-state index contributed by atoms with van der Waals surface area (Å²) in [7, 11) is 0. The molecule has 0 bridgehead atoms. The molecule has 5 nitrogen and oxygen atoms in total. The van der Waals surface area contributed by atoms with Gasteiger partial charge in [-0.1, -0.05) is 55.5 Å². The van der Waals surface area contributed by atoms with Crippen molar-refractivity contribution in [1.82, 2.24) is 0 Å². The standard InChI is InChI=1S/C34H34ClF6NO4/c1-3-5-18(11-19-8-9-24(43)16-27(19)35)7-10-28-29-20(6-4-2)12-25-30(26(29)17-46-28)32(45)42(31(25)44)23-14-21(33(36,37)38)13-22(15-23)34(39,40)41/h8-9,11,13-16,25-26,28,30,43H,3-7,10,12,17H2,1-2H3/b18-11+/t25-,26+,28-,30-/m1/s1. The number of amides is 2. The molecule has 0 aromatic heterocycles. The number of alkyl halides is 6. The van der Waals surface area contributed by atoms with Crippen molar-refractivity contribution >= 4 is 35.2 Å². The van der Waals surface area contributed by atoms with Gasteiger partial charge in [0, 0.05) is 5.92 Å². The Balaban J connectivity index is 1.44. The van der Waals surface area contributed by atoms with E-state index >= 15 is 0 Å². The number of anilines is 1. The van der Waals surface area contributed by atoms with Gasteiger partial charge >= 0.3 is 12.4 Å². The van der Waals surface area contributed by atoms with Crippen LogP contribution in [0.25, 0.3) is 6.08 Å². The van der Waals surface area contributed by atoms with Gasteiger partial charge in [-0.05, 0) is 79.6 Å². The summed E-state index contributed by atoms with van der Waals surface area (Å²) >= 11 is 6.33. The molecule has 2 heterocycles. The van der Waals surface area contributed by atoms with E-state index in [1.165, 1.54) is 6.07 Å². The monoisotopic (exact) mass is 669 g/mol. The molecule has 4 atom stereocenters. The van der Waals surface area contributed by atoms with Gasteiger partial charge in [0.15, 0.2) is 0 Å². The van der Waals surface area contributed by atoms with E-state index in [0.717, 1.165) is 41.5 Å². The molecule has 12 heteroatoms. The van der Waals surface area contributed by atoms with Crippen molar-refractivity contribution in [3.8, 4) is 5.75 Å². The van der Waals surface area contributed by atoms with Crippen LogP contribution in [-0.4, -0.2) is 29.6 Å². The highest BCUT2D eigenvalue weighted by Gasteiger charge is 2.57. The van der Waals surface area contributed by atoms with Crippen LogP contribution in [0.3, 0.4) is 0 Å². The molecule has 2 aromatic carbocycles. The Morgan fingerprint density at radius 3 is 2.22 bits per heavy atom. The number of carbonyl (C=O) groups is 2. The lowest BCUT2D eigenvalue weighted by molar-refractivity contribution is -0.143. The zero-order valence-corrected chi connectivity index (χ0v) is 26.0. The summed E-state index contributed by atoms with van der Waals surface area (Å²) in [5, 5.41) is 10.1. The van der Waals surface area contributed by atoms with Crippen LogP contribution in [0.15, 0.2) is 53.1 Å². The number of nitrogens with zero attached hydrogens (tertiary/aromatic N) is 1. The summed E-state index contributed by atoms with van der Waals surface area (Å²) < 4.78 is 87.9. The molecule has 248 valence electrons. The third-order valence-corrected chi connectivity index (χ3v) is 9.36. The van der Waals surface area contributed by atoms with Gasteiger partial charge in [0.1, 0.15) is 5.75 Å². The van der Waals surface area contributed by atoms with Crippen LogP contribution >= 0.6 is 11.6 Å². The van der Waals surface area contributed by atoms with Gasteiger partial charge in [0.25, 0.3) is 0 Å². The first-order valence-corrected chi connectivity index (χ1v) is 15.7. The number of allylic oxidation sites excluding steroid dienone is 2. The molecule has 0 unspecified atom stereocenters. The first-order chi connectivity index (χ1) is 21.6. The van der Waals surface area contributed by atoms with Crippen molar-refractivity contribution in [3.05, 3.63) is 74.8 Å². The number of ether oxygens (including phenoxy) is 1. The SMILES string of the molecule is CCCC1=C2[C@@H](CC/C(=C/c3ccc(O)cc3Cl)CCC)OC[C@@H]2[C@@H]2C(=O)N(c3cc(C(F)(F)F)cc(C(F)(F)F)c3)C(=O)[C@@H]2C1. The van der Waals surface area contributed by atoms with Gasteiger partial charge in [-0.3, -0.25) is 9.59 Å². The van der Waals surface area contributed by atoms with Gasteiger partial charge in [-0.15, -0.1) is 0 Å². The molecule has 2 aliphatic heterocycles. The Morgan fingerprint density at radius 2 is 1.63 bits per heavy atom. The maximum Gasteiger partial charge on any atom is 0.416 e. The van der Waals surface area contributed by atoms with Crippen LogP contribution in [-0.2, 0) is 26.7 Å². The second-order valence-corrected chi connectivity index (χ2v) is 12.6. The highest BCUT2D eigenvalue weighted by Crippen LogP contribution is 2.52. The zero-order chi connectivity index (χ0) is 33.6. The van der Waals surface area contributed by atoms with Crippen LogP contribution in [0, 0.1) is 17.8 Å². The molecule has 1 N–H and O–H groups in total. The smallest absolute Gasteiger partial charge is 0.416 e. The fourth-order valence-electron chi connectivity index (χ4n) is 7.09. The molecule has 5 rings (SSSR count). The number of fused-ring (bicyclic) bond motifs is 3. The van der Waals surface area contributed by atoms with E-state index in [-0.39, 0.29) is 30.9 Å². The van der Waals surface area contributed by atoms with E-state index in [1.54, 1.807) is 12.1 Å². The van der Waals surface area contributed by atoms with Gasteiger partial charge in [-0.2, -0.15) is 26.3 Å². The van der Waals surface area contributed by atoms with E-state index < -0.39 is 58.7 Å². The second kappa shape index (κ2) is 13.1. The summed E-state index contributed by atoms with van der Waals surface area (Å²) in [5.41, 5.74) is -0.164. The summed E-state index contributed by atoms with van der Waals surface area (Å²) in [5.74, 6) is -3.90. The number of benzene rings is 2. The second-order valence-electron chi connectivity index (χ2n) is 12.1. The van der Waals surface area contributed by atoms with Crippen LogP contribution in [0.2, 0.25) is 5.02 Å². The van der Waals surface area contributed by atoms with Crippen molar-refractivity contribution < 1.29 is 45.8 Å². The molecule has 2 saturated heterocycles. The van der Waals surface area contributed by atoms with Gasteiger partial charge in [0.05, 0.1) is 46.4 Å². The normalized spacial score (nSPS) is 23.8. The number of phenolic OH excluding ortho intramolecular Hbond substituents is 1. The average molecular weight is 670 g/mol. The van der Waals surface area contributed by atoms with Crippen molar-refractivity contribution in [2.75, 3.05) is 11.5 Å². The van der Waals surface area contributed by atoms with E-state index in [2.05, 4.69) is 0 Å². The summed E-state index contributed by atoms with van der Waals surface area (Å²) in [4.78, 5) is 28.0. The van der Waals surface area contributed by atoms with Crippen LogP contribution in [0.5, 0.6) is 5.75 Å². The quantitative estimate of drug-likeness (QED) is 0.164. The summed E-state index contributed by atoms with van der Waals surface area (Å²) in [6.45, 7) is 4.14. The van der Waals surface area contributed by atoms with Crippen LogP contribution in [0.1, 0.15) is 75.5 Å². The number of hydrogen-bond donors (Lipinski definition) is 1. The molecule has 3 aliphatic rings. The van der Waals surface area contributed by atoms with Crippen LogP contribution < -0.4 is 4.90 Å². The van der Waals surface area contributed by atoms with Gasteiger partial charge in [-0.25, -0.2) is 4.90 Å². The van der Waals surface area contributed by atoms with Crippen molar-refractivity contribution in [2.24, 2.45) is 17.8 Å². The minimum Gasteiger partial charge on any atom is -0.508 e. The lowest BCUT2D eigenvalue weighted by Gasteiger charge is -2.32. The van der Waals surface area contributed by atoms with Crippen molar-refractivity contribution in [1.29, 1.82) is 0 Å². The highest BCUT2D eigenvalue weighted by molar-refractivity contribution is 6.32. The number of hydrogen-bond acceptors (Lipinski definition) is 4. The molecule has 1 aliphatic carbocycles. The Morgan fingerprint density at radius 1 is 0.957 bits per heavy atom. The average Bonchev–Trinajstić information content (AvgIpc) is 3.50. The summed E-state index contributed by atoms with van der Waals surface area (Å²) in [6, 6.07) is 5.59. The first kappa shape index (κ1) is 34.0. The van der Waals surface area contributed by atoms with Crippen molar-refractivity contribution in [3.63, 3.8) is 0 Å². The fourth-order valence-corrected chi connectivity index (χ4v) is 7.32. The minimum absolute atomic E-state index is 0.0210. The van der Waals surface area contributed by atoms with Crippen molar-refractivity contribution in [2.45, 2.75) is 77.2 Å². The van der Waals surface area contributed by atoms with Gasteiger partial charge in [0.2, 0.25) is 11.8 Å². The van der Waals surface area contributed by atoms with E-state index in [9.17, 15) is 41.0 Å².